The Hall–Kier alpha value is 0.526. The van der Waals surface area contributed by atoms with E-state index in [1.54, 1.807) is 0 Å². The Labute approximate surface area is 89.8 Å². The van der Waals surface area contributed by atoms with E-state index in [-0.39, 0.29) is 47.3 Å². The van der Waals surface area contributed by atoms with Crippen LogP contribution in [0, 0.1) is 5.92 Å². The summed E-state index contributed by atoms with van der Waals surface area (Å²) in [7, 11) is 0. The molecule has 0 aliphatic heterocycles. The maximum Gasteiger partial charge on any atom is 2.00 e. The number of rotatable bonds is 1. The van der Waals surface area contributed by atoms with Crippen LogP contribution in [0.4, 0.5) is 0 Å². The smallest absolute Gasteiger partial charge is 1.00 e. The molecule has 2 N–H and O–H groups in total. The third-order valence-corrected chi connectivity index (χ3v) is 2.01. The number of hydrogen-bond acceptors (Lipinski definition) is 1. The monoisotopic (exact) mass is 186 g/mol. The molecule has 1 fully saturated rings. The molecule has 11 heavy (non-hydrogen) atoms. The van der Waals surface area contributed by atoms with E-state index in [1.165, 1.54) is 19.3 Å². The molecule has 4 heteroatoms. The number of amides is 1. The number of carbonyl (C=O) groups is 1. The van der Waals surface area contributed by atoms with Gasteiger partial charge in [0.05, 0.1) is 0 Å². The second kappa shape index (κ2) is 7.19. The van der Waals surface area contributed by atoms with E-state index in [1.807, 2.05) is 0 Å². The van der Waals surface area contributed by atoms with Crippen molar-refractivity contribution in [2.45, 2.75) is 32.1 Å². The molecule has 0 radical (unpaired) electrons. The normalized spacial score (nSPS) is 17.8. The van der Waals surface area contributed by atoms with Gasteiger partial charge in [0.1, 0.15) is 0 Å². The van der Waals surface area contributed by atoms with Gasteiger partial charge in [0.2, 0.25) is 5.91 Å². The van der Waals surface area contributed by atoms with E-state index < -0.39 is 0 Å². The van der Waals surface area contributed by atoms with Crippen LogP contribution in [-0.4, -0.2) is 29.0 Å². The van der Waals surface area contributed by atoms with Crippen molar-refractivity contribution in [3.63, 3.8) is 0 Å². The zero-order valence-electron chi connectivity index (χ0n) is 6.68. The van der Waals surface area contributed by atoms with E-state index in [2.05, 4.69) is 0 Å². The molecule has 0 saturated heterocycles. The Morgan fingerprint density at radius 1 is 1.18 bits per heavy atom. The first kappa shape index (κ1) is 14.1. The molecule has 0 bridgehead atoms. The predicted octanol–water partition coefficient (Wildman–Crippen LogP) is -2.32. The van der Waals surface area contributed by atoms with Crippen molar-refractivity contribution in [1.82, 2.24) is 0 Å². The Kier molecular flexibility index (Phi) is 9.20. The van der Waals surface area contributed by atoms with Gasteiger partial charge < -0.3 is 18.1 Å². The summed E-state index contributed by atoms with van der Waals surface area (Å²) in [6, 6.07) is 0. The zero-order valence-corrected chi connectivity index (χ0v) is 8.85. The van der Waals surface area contributed by atoms with E-state index >= 15 is 0 Å². The topological polar surface area (TPSA) is 43.1 Å². The molecule has 0 aromatic heterocycles. The molecule has 0 aromatic rings. The molecule has 1 saturated carbocycles. The van der Waals surface area contributed by atoms with Gasteiger partial charge in [-0.05, 0) is 12.8 Å². The van der Waals surface area contributed by atoms with Gasteiger partial charge in [-0.15, -0.1) is 0 Å². The van der Waals surface area contributed by atoms with Crippen molar-refractivity contribution in [2.75, 3.05) is 0 Å². The summed E-state index contributed by atoms with van der Waals surface area (Å²) in [5.41, 5.74) is 5.13. The summed E-state index contributed by atoms with van der Waals surface area (Å²) in [5, 5.41) is 0. The average molecular weight is 187 g/mol. The maximum atomic E-state index is 10.6. The standard InChI is InChI=1S/C7H13NO.ClH.Mg/c8-7(9)6-4-2-1-3-5-6;;/h6H,1-5H2,(H2,8,9);1H;/q;;+2/p-1. The molecular formula is C7H13ClMgNO+. The Morgan fingerprint density at radius 2 is 1.64 bits per heavy atom. The molecular weight excluding hydrogens is 174 g/mol. The van der Waals surface area contributed by atoms with Crippen molar-refractivity contribution >= 4 is 29.0 Å². The average Bonchev–Trinajstić information content (AvgIpc) is 1.90. The SMILES string of the molecule is NC(=O)C1CCCCC1.[Cl-].[Mg+2]. The van der Waals surface area contributed by atoms with Crippen molar-refractivity contribution < 1.29 is 17.2 Å². The largest absolute Gasteiger partial charge is 2.00 e. The second-order valence-corrected chi connectivity index (χ2v) is 2.74. The Morgan fingerprint density at radius 3 is 1.91 bits per heavy atom. The summed E-state index contributed by atoms with van der Waals surface area (Å²) in [6.07, 6.45) is 5.70. The fourth-order valence-electron chi connectivity index (χ4n) is 1.39. The number of carbonyl (C=O) groups excluding carboxylic acids is 1. The van der Waals surface area contributed by atoms with Crippen LogP contribution in [0.3, 0.4) is 0 Å². The van der Waals surface area contributed by atoms with Crippen LogP contribution in [0.25, 0.3) is 0 Å². The van der Waals surface area contributed by atoms with Crippen LogP contribution in [-0.2, 0) is 4.79 Å². The fourth-order valence-corrected chi connectivity index (χ4v) is 1.39. The van der Waals surface area contributed by atoms with Crippen molar-refractivity contribution in [2.24, 2.45) is 11.7 Å². The summed E-state index contributed by atoms with van der Waals surface area (Å²) in [4.78, 5) is 10.6. The fraction of sp³-hybridized carbons (Fsp3) is 0.857. The number of halogens is 1. The Bertz CT molecular complexity index is 115. The maximum absolute atomic E-state index is 10.6. The zero-order chi connectivity index (χ0) is 6.69. The van der Waals surface area contributed by atoms with E-state index in [0.29, 0.717) is 0 Å². The molecule has 0 spiro atoms. The molecule has 0 aromatic carbocycles. The molecule has 1 amide bonds. The minimum atomic E-state index is -0.102. The van der Waals surface area contributed by atoms with Gasteiger partial charge in [-0.25, -0.2) is 0 Å². The predicted molar refractivity (Wildman–Crippen MR) is 41.5 cm³/mol. The third kappa shape index (κ3) is 4.88. The van der Waals surface area contributed by atoms with E-state index in [4.69, 9.17) is 5.73 Å². The minimum Gasteiger partial charge on any atom is -1.00 e. The molecule has 0 atom stereocenters. The second-order valence-electron chi connectivity index (χ2n) is 2.74. The summed E-state index contributed by atoms with van der Waals surface area (Å²) >= 11 is 0. The summed E-state index contributed by atoms with van der Waals surface area (Å²) < 4.78 is 0. The number of nitrogens with two attached hydrogens (primary N) is 1. The van der Waals surface area contributed by atoms with E-state index in [0.717, 1.165) is 12.8 Å². The first-order valence-electron chi connectivity index (χ1n) is 3.60. The quantitative estimate of drug-likeness (QED) is 0.460. The molecule has 1 aliphatic carbocycles. The van der Waals surface area contributed by atoms with E-state index in [9.17, 15) is 4.79 Å². The van der Waals surface area contributed by atoms with Crippen LogP contribution in [0.2, 0.25) is 0 Å². The molecule has 1 rings (SSSR count). The summed E-state index contributed by atoms with van der Waals surface area (Å²) in [5.74, 6) is 0.0912. The van der Waals surface area contributed by atoms with Gasteiger partial charge in [0, 0.05) is 5.92 Å². The van der Waals surface area contributed by atoms with Gasteiger partial charge in [-0.3, -0.25) is 4.79 Å². The first-order chi connectivity index (χ1) is 4.30. The van der Waals surface area contributed by atoms with Gasteiger partial charge in [-0.2, -0.15) is 0 Å². The first-order valence-corrected chi connectivity index (χ1v) is 3.60. The molecule has 1 aliphatic rings. The molecule has 2 nitrogen and oxygen atoms in total. The van der Waals surface area contributed by atoms with Crippen molar-refractivity contribution in [3.05, 3.63) is 0 Å². The molecule has 0 heterocycles. The van der Waals surface area contributed by atoms with Crippen molar-refractivity contribution in [1.29, 1.82) is 0 Å². The molecule has 0 unspecified atom stereocenters. The number of primary amides is 1. The van der Waals surface area contributed by atoms with Gasteiger partial charge >= 0.3 is 23.1 Å². The van der Waals surface area contributed by atoms with Gasteiger partial charge in [-0.1, -0.05) is 19.3 Å². The van der Waals surface area contributed by atoms with Crippen molar-refractivity contribution in [3.8, 4) is 0 Å². The van der Waals surface area contributed by atoms with Gasteiger partial charge in [0.15, 0.2) is 0 Å². The van der Waals surface area contributed by atoms with Crippen LogP contribution in [0.15, 0.2) is 0 Å². The van der Waals surface area contributed by atoms with Crippen LogP contribution in [0.1, 0.15) is 32.1 Å². The Balaban J connectivity index is 0. The van der Waals surface area contributed by atoms with Crippen LogP contribution >= 0.6 is 0 Å². The molecule has 60 valence electrons. The van der Waals surface area contributed by atoms with Gasteiger partial charge in [0.25, 0.3) is 0 Å². The van der Waals surface area contributed by atoms with Crippen LogP contribution < -0.4 is 18.1 Å². The minimum absolute atomic E-state index is 0. The number of hydrogen-bond donors (Lipinski definition) is 1. The summed E-state index contributed by atoms with van der Waals surface area (Å²) in [6.45, 7) is 0. The third-order valence-electron chi connectivity index (χ3n) is 2.01. The van der Waals surface area contributed by atoms with Crippen LogP contribution in [0.5, 0.6) is 0 Å².